The molecule has 0 aliphatic carbocycles. The van der Waals surface area contributed by atoms with E-state index in [4.69, 9.17) is 0 Å². The van der Waals surface area contributed by atoms with Crippen LogP contribution >= 0.6 is 15.9 Å². The van der Waals surface area contributed by atoms with Gasteiger partial charge in [-0.15, -0.1) is 0 Å². The highest BCUT2D eigenvalue weighted by molar-refractivity contribution is 9.10. The van der Waals surface area contributed by atoms with Crippen LogP contribution in [0.5, 0.6) is 11.5 Å². The number of carboxylic acids is 1. The molecular formula is C21H12BrO4-. The summed E-state index contributed by atoms with van der Waals surface area (Å²) in [4.78, 5) is 11.6. The molecule has 0 heterocycles. The molecule has 0 unspecified atom stereocenters. The number of fused-ring (bicyclic) bond motifs is 2. The average molecular weight is 408 g/mol. The van der Waals surface area contributed by atoms with Gasteiger partial charge in [-0.05, 0) is 51.4 Å². The van der Waals surface area contributed by atoms with Gasteiger partial charge in [-0.25, -0.2) is 4.79 Å². The van der Waals surface area contributed by atoms with E-state index in [-0.39, 0.29) is 16.9 Å². The van der Waals surface area contributed by atoms with Gasteiger partial charge in [-0.3, -0.25) is 0 Å². The number of halogens is 1. The first kappa shape index (κ1) is 16.4. The molecule has 128 valence electrons. The SMILES string of the molecule is O=C(O)c1cc2ccccc2c(-c2c(O)ccc3cc(Br)ccc23)c1[O-]. The number of phenolic OH excluding ortho intramolecular Hbond substituents is 1. The van der Waals surface area contributed by atoms with Gasteiger partial charge in [0.25, 0.3) is 0 Å². The summed E-state index contributed by atoms with van der Waals surface area (Å²) in [5, 5.41) is 35.7. The van der Waals surface area contributed by atoms with Crippen molar-refractivity contribution in [2.75, 3.05) is 0 Å². The smallest absolute Gasteiger partial charge is 0.335 e. The molecule has 2 N–H and O–H groups in total. The molecule has 0 radical (unpaired) electrons. The molecule has 4 rings (SSSR count). The van der Waals surface area contributed by atoms with Crippen molar-refractivity contribution in [3.8, 4) is 22.6 Å². The number of aromatic hydroxyl groups is 1. The summed E-state index contributed by atoms with van der Waals surface area (Å²) in [5.74, 6) is -1.96. The third kappa shape index (κ3) is 2.48. The minimum atomic E-state index is -1.29. The van der Waals surface area contributed by atoms with Crippen LogP contribution in [0, 0.1) is 0 Å². The van der Waals surface area contributed by atoms with Gasteiger partial charge >= 0.3 is 5.97 Å². The Morgan fingerprint density at radius 3 is 2.35 bits per heavy atom. The second kappa shape index (κ2) is 6.04. The molecule has 0 bridgehead atoms. The topological polar surface area (TPSA) is 80.6 Å². The fourth-order valence-corrected chi connectivity index (χ4v) is 3.67. The summed E-state index contributed by atoms with van der Waals surface area (Å²) in [7, 11) is 0. The van der Waals surface area contributed by atoms with Gasteiger partial charge < -0.3 is 15.3 Å². The van der Waals surface area contributed by atoms with E-state index in [0.29, 0.717) is 21.7 Å². The summed E-state index contributed by atoms with van der Waals surface area (Å²) < 4.78 is 0.869. The minimum absolute atomic E-state index is 0.0652. The lowest BCUT2D eigenvalue weighted by atomic mass is 9.90. The van der Waals surface area contributed by atoms with Gasteiger partial charge in [0, 0.05) is 10.0 Å². The number of carbonyl (C=O) groups is 1. The zero-order valence-electron chi connectivity index (χ0n) is 13.4. The maximum atomic E-state index is 13.0. The molecule has 26 heavy (non-hydrogen) atoms. The van der Waals surface area contributed by atoms with Crippen LogP contribution in [0.2, 0.25) is 0 Å². The number of carboxylic acid groups (broad SMARTS) is 1. The van der Waals surface area contributed by atoms with E-state index in [1.165, 1.54) is 12.1 Å². The van der Waals surface area contributed by atoms with Crippen molar-refractivity contribution in [2.45, 2.75) is 0 Å². The van der Waals surface area contributed by atoms with E-state index in [9.17, 15) is 20.1 Å². The number of benzene rings is 4. The van der Waals surface area contributed by atoms with Crippen molar-refractivity contribution >= 4 is 43.4 Å². The maximum Gasteiger partial charge on any atom is 0.335 e. The zero-order valence-corrected chi connectivity index (χ0v) is 14.9. The van der Waals surface area contributed by atoms with Crippen molar-refractivity contribution in [3.63, 3.8) is 0 Å². The first-order valence-electron chi connectivity index (χ1n) is 7.85. The zero-order chi connectivity index (χ0) is 18.4. The third-order valence-corrected chi connectivity index (χ3v) is 4.94. The Kier molecular flexibility index (Phi) is 3.81. The molecule has 0 saturated heterocycles. The van der Waals surface area contributed by atoms with Gasteiger partial charge in [-0.1, -0.05) is 58.1 Å². The van der Waals surface area contributed by atoms with Crippen molar-refractivity contribution in [1.29, 1.82) is 0 Å². The van der Waals surface area contributed by atoms with Crippen LogP contribution in [-0.2, 0) is 0 Å². The Morgan fingerprint density at radius 2 is 1.58 bits per heavy atom. The highest BCUT2D eigenvalue weighted by atomic mass is 79.9. The largest absolute Gasteiger partial charge is 0.871 e. The summed E-state index contributed by atoms with van der Waals surface area (Å²) in [6.45, 7) is 0. The lowest BCUT2D eigenvalue weighted by molar-refractivity contribution is -0.267. The number of hydrogen-bond acceptors (Lipinski definition) is 3. The van der Waals surface area contributed by atoms with E-state index < -0.39 is 11.7 Å². The normalized spacial score (nSPS) is 11.1. The Morgan fingerprint density at radius 1 is 0.885 bits per heavy atom. The van der Waals surface area contributed by atoms with E-state index in [1.54, 1.807) is 36.4 Å². The van der Waals surface area contributed by atoms with Crippen LogP contribution < -0.4 is 5.11 Å². The second-order valence-electron chi connectivity index (χ2n) is 5.98. The second-order valence-corrected chi connectivity index (χ2v) is 6.90. The maximum absolute atomic E-state index is 13.0. The molecule has 0 aromatic heterocycles. The molecule has 0 amide bonds. The first-order valence-corrected chi connectivity index (χ1v) is 8.64. The van der Waals surface area contributed by atoms with Gasteiger partial charge in [0.2, 0.25) is 0 Å². The number of aromatic carboxylic acids is 1. The van der Waals surface area contributed by atoms with Crippen molar-refractivity contribution in [1.82, 2.24) is 0 Å². The molecule has 4 nitrogen and oxygen atoms in total. The molecule has 4 aromatic rings. The summed E-state index contributed by atoms with van der Waals surface area (Å²) >= 11 is 3.41. The van der Waals surface area contributed by atoms with Gasteiger partial charge in [0.1, 0.15) is 5.75 Å². The number of hydrogen-bond donors (Lipinski definition) is 2. The van der Waals surface area contributed by atoms with E-state index >= 15 is 0 Å². The third-order valence-electron chi connectivity index (χ3n) is 4.44. The fraction of sp³-hybridized carbons (Fsp3) is 0. The number of phenols is 1. The predicted octanol–water partition coefficient (Wildman–Crippen LogP) is 4.90. The van der Waals surface area contributed by atoms with Gasteiger partial charge in [-0.2, -0.15) is 0 Å². The van der Waals surface area contributed by atoms with Crippen LogP contribution in [0.4, 0.5) is 0 Å². The summed E-state index contributed by atoms with van der Waals surface area (Å²) in [6.07, 6.45) is 0. The summed E-state index contributed by atoms with van der Waals surface area (Å²) in [5.41, 5.74) is 0.234. The fourth-order valence-electron chi connectivity index (χ4n) is 3.29. The molecular weight excluding hydrogens is 396 g/mol. The van der Waals surface area contributed by atoms with Crippen LogP contribution in [0.25, 0.3) is 32.7 Å². The molecule has 0 fully saturated rings. The Labute approximate surface area is 157 Å². The monoisotopic (exact) mass is 407 g/mol. The molecule has 0 aliphatic rings. The van der Waals surface area contributed by atoms with Gasteiger partial charge in [0.15, 0.2) is 0 Å². The lowest BCUT2D eigenvalue weighted by Gasteiger charge is -2.22. The molecule has 0 atom stereocenters. The Balaban J connectivity index is 2.22. The van der Waals surface area contributed by atoms with Gasteiger partial charge in [0.05, 0.1) is 5.56 Å². The van der Waals surface area contributed by atoms with Crippen LogP contribution in [0.15, 0.2) is 65.1 Å². The highest BCUT2D eigenvalue weighted by Gasteiger charge is 2.18. The first-order chi connectivity index (χ1) is 12.5. The average Bonchev–Trinajstić information content (AvgIpc) is 2.62. The molecule has 0 aliphatic heterocycles. The van der Waals surface area contributed by atoms with Crippen molar-refractivity contribution in [3.05, 3.63) is 70.7 Å². The highest BCUT2D eigenvalue weighted by Crippen LogP contribution is 2.45. The molecule has 4 aromatic carbocycles. The standard InChI is InChI=1S/C21H13BrO4/c22-13-6-7-15-12(9-13)5-8-17(23)18(15)19-14-4-2-1-3-11(14)10-16(20(19)24)21(25)26/h1-10,23-24H,(H,25,26)/p-1. The van der Waals surface area contributed by atoms with Crippen molar-refractivity contribution < 1.29 is 20.1 Å². The minimum Gasteiger partial charge on any atom is -0.871 e. The molecule has 0 saturated carbocycles. The van der Waals surface area contributed by atoms with Crippen LogP contribution in [-0.4, -0.2) is 16.2 Å². The molecule has 0 spiro atoms. The summed E-state index contributed by atoms with van der Waals surface area (Å²) in [6, 6.07) is 17.2. The lowest BCUT2D eigenvalue weighted by Crippen LogP contribution is -2.06. The van der Waals surface area contributed by atoms with E-state index in [1.807, 2.05) is 12.1 Å². The quantitative estimate of drug-likeness (QED) is 0.495. The van der Waals surface area contributed by atoms with E-state index in [0.717, 1.165) is 9.86 Å². The predicted molar refractivity (Wildman–Crippen MR) is 103 cm³/mol. The van der Waals surface area contributed by atoms with E-state index in [2.05, 4.69) is 15.9 Å². The number of rotatable bonds is 2. The van der Waals surface area contributed by atoms with Crippen LogP contribution in [0.3, 0.4) is 0 Å². The molecule has 5 heteroatoms. The Bertz CT molecular complexity index is 1200. The Hall–Kier alpha value is -3.05. The van der Waals surface area contributed by atoms with Crippen LogP contribution in [0.1, 0.15) is 10.4 Å². The van der Waals surface area contributed by atoms with Crippen molar-refractivity contribution in [2.24, 2.45) is 0 Å².